The maximum atomic E-state index is 3.16. The molecule has 0 bridgehead atoms. The molecule has 0 spiro atoms. The molecule has 1 aliphatic carbocycles. The predicted octanol–water partition coefficient (Wildman–Crippen LogP) is 9.77. The number of benzene rings is 2. The van der Waals surface area contributed by atoms with E-state index in [4.69, 9.17) is 0 Å². The minimum absolute atomic E-state index is 0.203. The van der Waals surface area contributed by atoms with Crippen LogP contribution in [0.25, 0.3) is 21.5 Å². The molecule has 0 aromatic heterocycles. The van der Waals surface area contributed by atoms with Gasteiger partial charge in [0.05, 0.1) is 0 Å². The van der Waals surface area contributed by atoms with Crippen molar-refractivity contribution in [2.24, 2.45) is 5.41 Å². The van der Waals surface area contributed by atoms with Crippen molar-refractivity contribution in [3.8, 4) is 0 Å². The first kappa shape index (κ1) is 28.8. The summed E-state index contributed by atoms with van der Waals surface area (Å²) in [6.45, 7) is 24.6. The number of allylic oxidation sites excluding steroid dienone is 4. The van der Waals surface area contributed by atoms with E-state index in [9.17, 15) is 0 Å². The number of hydrogen-bond acceptors (Lipinski definition) is 0. The van der Waals surface area contributed by atoms with Crippen LogP contribution >= 0.6 is 0 Å². The normalized spacial score (nSPS) is 13.9. The average Bonchev–Trinajstić information content (AvgIpc) is 3.33. The van der Waals surface area contributed by atoms with Crippen molar-refractivity contribution in [3.63, 3.8) is 0 Å². The van der Waals surface area contributed by atoms with Crippen molar-refractivity contribution in [1.29, 1.82) is 0 Å². The third-order valence-electron chi connectivity index (χ3n) is 6.00. The molecular weight excluding hydrogens is 488 g/mol. The quantitative estimate of drug-likeness (QED) is 0.253. The minimum atomic E-state index is 0.203. The third kappa shape index (κ3) is 8.05. The van der Waals surface area contributed by atoms with Gasteiger partial charge in [-0.25, -0.2) is 6.08 Å². The zero-order valence-corrected chi connectivity index (χ0v) is 25.9. The van der Waals surface area contributed by atoms with Gasteiger partial charge in [-0.05, 0) is 10.8 Å². The van der Waals surface area contributed by atoms with Crippen LogP contribution < -0.4 is 0 Å². The molecule has 0 nitrogen and oxygen atoms in total. The van der Waals surface area contributed by atoms with Gasteiger partial charge in [-0.3, -0.25) is 6.08 Å². The van der Waals surface area contributed by atoms with E-state index in [1.807, 2.05) is 0 Å². The van der Waals surface area contributed by atoms with Crippen LogP contribution in [0.2, 0.25) is 0 Å². The summed E-state index contributed by atoms with van der Waals surface area (Å²) in [5.74, 6) is 0. The van der Waals surface area contributed by atoms with Gasteiger partial charge in [-0.1, -0.05) is 103 Å². The molecule has 4 rings (SSSR count). The number of rotatable bonds is 0. The fourth-order valence-corrected chi connectivity index (χ4v) is 3.87. The first-order valence-corrected chi connectivity index (χ1v) is 13.7. The summed E-state index contributed by atoms with van der Waals surface area (Å²) in [5, 5.41) is 5.48. The molecule has 0 saturated heterocycles. The Morgan fingerprint density at radius 1 is 0.735 bits per heavy atom. The summed E-state index contributed by atoms with van der Waals surface area (Å²) in [6, 6.07) is 16.2. The molecular formula is C33H44Zr. The summed E-state index contributed by atoms with van der Waals surface area (Å²) in [6.07, 6.45) is 8.50. The Bertz CT molecular complexity index is 1120. The van der Waals surface area contributed by atoms with E-state index in [1.165, 1.54) is 41.5 Å². The summed E-state index contributed by atoms with van der Waals surface area (Å²) in [7, 11) is 0. The Hall–Kier alpha value is -1.46. The SMILES string of the molecule is CC(C)(C)C1=CC[C-]=C1.CC(C)(C)c1ccc2c(c1)[cH-]c1cc(C(C)(C)C)ccc12.C[C](C)=[Zr+2]. The van der Waals surface area contributed by atoms with Crippen molar-refractivity contribution in [1.82, 2.24) is 0 Å². The topological polar surface area (TPSA) is 0 Å². The van der Waals surface area contributed by atoms with Crippen LogP contribution in [-0.4, -0.2) is 3.21 Å². The van der Waals surface area contributed by atoms with Crippen LogP contribution in [0.3, 0.4) is 0 Å². The van der Waals surface area contributed by atoms with E-state index < -0.39 is 0 Å². The Labute approximate surface area is 224 Å². The van der Waals surface area contributed by atoms with Gasteiger partial charge in [0.2, 0.25) is 0 Å². The average molecular weight is 532 g/mol. The summed E-state index contributed by atoms with van der Waals surface area (Å²) < 4.78 is 1.51. The zero-order valence-electron chi connectivity index (χ0n) is 23.4. The predicted molar refractivity (Wildman–Crippen MR) is 151 cm³/mol. The Morgan fingerprint density at radius 2 is 1.15 bits per heavy atom. The fourth-order valence-electron chi connectivity index (χ4n) is 3.87. The van der Waals surface area contributed by atoms with Crippen molar-refractivity contribution < 1.29 is 24.2 Å². The fraction of sp³-hybridized carbons (Fsp3) is 0.455. The van der Waals surface area contributed by atoms with Gasteiger partial charge in [0.25, 0.3) is 0 Å². The van der Waals surface area contributed by atoms with Gasteiger partial charge < -0.3 is 0 Å². The first-order valence-electron chi connectivity index (χ1n) is 12.4. The number of hydrogen-bond donors (Lipinski definition) is 0. The molecule has 3 aromatic carbocycles. The molecule has 1 aliphatic rings. The van der Waals surface area contributed by atoms with Gasteiger partial charge >= 0.3 is 41.3 Å². The standard InChI is InChI=1S/C21H25.C9H13.C3H6.Zr/c1-20(2,3)16-7-9-18-14(12-16)11-15-13-17(21(4,5)6)8-10-19(15)18;1-9(2,3)8-6-4-5-7-8;1-3-2;/h7-13H,1-6H3;6-7H,4H2,1-3H3;1-2H3;/q2*-1;;+2. The van der Waals surface area contributed by atoms with E-state index in [1.54, 1.807) is 24.2 Å². The monoisotopic (exact) mass is 530 g/mol. The molecule has 3 aromatic rings. The molecule has 0 amide bonds. The van der Waals surface area contributed by atoms with Gasteiger partial charge in [-0.15, -0.1) is 46.2 Å². The van der Waals surface area contributed by atoms with Gasteiger partial charge in [0, 0.05) is 0 Å². The second-order valence-electron chi connectivity index (χ2n) is 12.7. The van der Waals surface area contributed by atoms with Crippen LogP contribution in [0.15, 0.2) is 60.2 Å². The Balaban J connectivity index is 0.000000260. The van der Waals surface area contributed by atoms with Crippen molar-refractivity contribution in [2.75, 3.05) is 0 Å². The van der Waals surface area contributed by atoms with Gasteiger partial charge in [0.15, 0.2) is 0 Å². The molecule has 0 unspecified atom stereocenters. The van der Waals surface area contributed by atoms with Crippen LogP contribution in [0.4, 0.5) is 0 Å². The molecule has 0 saturated carbocycles. The molecule has 1 heteroatoms. The Morgan fingerprint density at radius 3 is 1.41 bits per heavy atom. The molecule has 0 radical (unpaired) electrons. The van der Waals surface area contributed by atoms with Crippen LogP contribution in [0.5, 0.6) is 0 Å². The number of fused-ring (bicyclic) bond motifs is 3. The summed E-state index contributed by atoms with van der Waals surface area (Å²) >= 11 is 1.55. The zero-order chi connectivity index (χ0) is 25.9. The van der Waals surface area contributed by atoms with E-state index in [0.717, 1.165) is 6.42 Å². The van der Waals surface area contributed by atoms with Gasteiger partial charge in [-0.2, -0.15) is 11.6 Å². The summed E-state index contributed by atoms with van der Waals surface area (Å²) in [4.78, 5) is 0. The molecule has 0 atom stereocenters. The molecule has 0 N–H and O–H groups in total. The molecule has 0 aliphatic heterocycles. The first-order chi connectivity index (χ1) is 15.5. The third-order valence-corrected chi connectivity index (χ3v) is 6.00. The van der Waals surface area contributed by atoms with Crippen LogP contribution in [0, 0.1) is 11.5 Å². The summed E-state index contributed by atoms with van der Waals surface area (Å²) in [5.41, 5.74) is 4.96. The van der Waals surface area contributed by atoms with Crippen LogP contribution in [-0.2, 0) is 35.1 Å². The van der Waals surface area contributed by atoms with E-state index >= 15 is 0 Å². The van der Waals surface area contributed by atoms with E-state index in [2.05, 4.69) is 137 Å². The van der Waals surface area contributed by atoms with Crippen molar-refractivity contribution in [2.45, 2.75) is 93.4 Å². The van der Waals surface area contributed by atoms with E-state index in [-0.39, 0.29) is 10.8 Å². The molecule has 0 fully saturated rings. The van der Waals surface area contributed by atoms with Crippen molar-refractivity contribution in [3.05, 3.63) is 77.4 Å². The van der Waals surface area contributed by atoms with Gasteiger partial charge in [0.1, 0.15) is 0 Å². The van der Waals surface area contributed by atoms with Crippen molar-refractivity contribution >= 4 is 24.8 Å². The second kappa shape index (κ2) is 11.1. The molecule has 180 valence electrons. The van der Waals surface area contributed by atoms with Crippen LogP contribution in [0.1, 0.15) is 93.7 Å². The molecule has 0 heterocycles. The Kier molecular flexibility index (Phi) is 9.38. The maximum absolute atomic E-state index is 3.16. The molecule has 34 heavy (non-hydrogen) atoms. The van der Waals surface area contributed by atoms with E-state index in [0.29, 0.717) is 5.41 Å². The second-order valence-corrected chi connectivity index (χ2v) is 15.2.